The molecule has 2 N–H and O–H groups in total. The molecule has 2 aromatic heterocycles. The number of pyridine rings is 1. The highest BCUT2D eigenvalue weighted by molar-refractivity contribution is 6.29. The van der Waals surface area contributed by atoms with Crippen LogP contribution in [-0.2, 0) is 5.60 Å². The summed E-state index contributed by atoms with van der Waals surface area (Å²) in [5.74, 6) is 0.680. The molecule has 2 aromatic rings. The van der Waals surface area contributed by atoms with Crippen LogP contribution in [0.2, 0.25) is 5.15 Å². The van der Waals surface area contributed by atoms with E-state index in [-0.39, 0.29) is 6.04 Å². The van der Waals surface area contributed by atoms with E-state index in [0.717, 1.165) is 18.4 Å². The van der Waals surface area contributed by atoms with Crippen molar-refractivity contribution in [3.63, 3.8) is 0 Å². The molecule has 3 rings (SSSR count). The van der Waals surface area contributed by atoms with Crippen molar-refractivity contribution in [1.82, 2.24) is 15.0 Å². The van der Waals surface area contributed by atoms with E-state index >= 15 is 0 Å². The highest BCUT2D eigenvalue weighted by Crippen LogP contribution is 2.37. The van der Waals surface area contributed by atoms with Crippen LogP contribution < -0.4 is 5.32 Å². The lowest BCUT2D eigenvalue weighted by Gasteiger charge is -2.36. The van der Waals surface area contributed by atoms with Crippen LogP contribution in [0.25, 0.3) is 0 Å². The topological polar surface area (TPSA) is 70.9 Å². The zero-order valence-electron chi connectivity index (χ0n) is 11.5. The van der Waals surface area contributed by atoms with Gasteiger partial charge in [-0.1, -0.05) is 17.7 Å². The lowest BCUT2D eigenvalue weighted by atomic mass is 9.78. The van der Waals surface area contributed by atoms with Gasteiger partial charge in [-0.15, -0.1) is 0 Å². The Bertz CT molecular complexity index is 600. The molecule has 1 saturated carbocycles. The molecule has 1 aliphatic rings. The van der Waals surface area contributed by atoms with Gasteiger partial charge in [0.2, 0.25) is 0 Å². The fourth-order valence-electron chi connectivity index (χ4n) is 2.79. The van der Waals surface area contributed by atoms with Crippen molar-refractivity contribution in [3.8, 4) is 0 Å². The average molecular weight is 305 g/mol. The van der Waals surface area contributed by atoms with E-state index in [1.165, 1.54) is 6.20 Å². The zero-order chi connectivity index (χ0) is 14.7. The first-order valence-corrected chi connectivity index (χ1v) is 7.40. The first-order chi connectivity index (χ1) is 10.2. The van der Waals surface area contributed by atoms with Gasteiger partial charge in [0, 0.05) is 24.0 Å². The molecule has 0 unspecified atom stereocenters. The molecule has 0 aromatic carbocycles. The van der Waals surface area contributed by atoms with E-state index < -0.39 is 5.60 Å². The van der Waals surface area contributed by atoms with Crippen LogP contribution in [0, 0.1) is 0 Å². The average Bonchev–Trinajstić information content (AvgIpc) is 2.51. The number of halogens is 1. The Morgan fingerprint density at radius 3 is 2.67 bits per heavy atom. The third-order valence-corrected chi connectivity index (χ3v) is 4.15. The summed E-state index contributed by atoms with van der Waals surface area (Å²) in [6.45, 7) is 0. The highest BCUT2D eigenvalue weighted by Gasteiger charge is 2.35. The maximum absolute atomic E-state index is 10.8. The Morgan fingerprint density at radius 2 is 2.00 bits per heavy atom. The molecule has 0 spiro atoms. The number of aliphatic hydroxyl groups is 1. The Hall–Kier alpha value is -1.72. The minimum absolute atomic E-state index is 0.273. The van der Waals surface area contributed by atoms with Gasteiger partial charge in [0.1, 0.15) is 11.0 Å². The largest absolute Gasteiger partial charge is 0.385 e. The molecule has 0 amide bonds. The van der Waals surface area contributed by atoms with Gasteiger partial charge in [0.05, 0.1) is 18.0 Å². The molecule has 0 radical (unpaired) electrons. The van der Waals surface area contributed by atoms with Crippen LogP contribution in [0.15, 0.2) is 36.9 Å². The first kappa shape index (κ1) is 14.2. The standard InChI is InChI=1S/C15H17ClN4O/c16-13-9-18-10-14(20-13)19-12-3-5-15(21,6-4-12)11-2-1-7-17-8-11/h1-2,7-10,12,21H,3-6H2,(H,19,20). The maximum atomic E-state index is 10.8. The number of hydrogen-bond acceptors (Lipinski definition) is 5. The summed E-state index contributed by atoms with van der Waals surface area (Å²) >= 11 is 5.83. The summed E-state index contributed by atoms with van der Waals surface area (Å²) in [5, 5.41) is 14.5. The summed E-state index contributed by atoms with van der Waals surface area (Å²) in [6.07, 6.45) is 9.75. The molecule has 5 nitrogen and oxygen atoms in total. The summed E-state index contributed by atoms with van der Waals surface area (Å²) in [7, 11) is 0. The second-order valence-corrected chi connectivity index (χ2v) is 5.81. The Morgan fingerprint density at radius 1 is 1.19 bits per heavy atom. The van der Waals surface area contributed by atoms with Crippen LogP contribution >= 0.6 is 11.6 Å². The monoisotopic (exact) mass is 304 g/mol. The van der Waals surface area contributed by atoms with Gasteiger partial charge in [0.15, 0.2) is 0 Å². The molecular formula is C15H17ClN4O. The predicted molar refractivity (Wildman–Crippen MR) is 81.1 cm³/mol. The molecule has 0 bridgehead atoms. The molecule has 1 fully saturated rings. The number of anilines is 1. The van der Waals surface area contributed by atoms with Crippen LogP contribution in [0.4, 0.5) is 5.82 Å². The van der Waals surface area contributed by atoms with Crippen LogP contribution in [-0.4, -0.2) is 26.1 Å². The van der Waals surface area contributed by atoms with E-state index in [0.29, 0.717) is 23.8 Å². The fourth-order valence-corrected chi connectivity index (χ4v) is 2.93. The number of rotatable bonds is 3. The smallest absolute Gasteiger partial charge is 0.149 e. The van der Waals surface area contributed by atoms with E-state index in [9.17, 15) is 5.11 Å². The molecule has 110 valence electrons. The summed E-state index contributed by atoms with van der Waals surface area (Å²) in [6, 6.07) is 4.07. The first-order valence-electron chi connectivity index (χ1n) is 7.03. The third kappa shape index (κ3) is 3.31. The van der Waals surface area contributed by atoms with Crippen molar-refractivity contribution in [2.24, 2.45) is 0 Å². The minimum Gasteiger partial charge on any atom is -0.385 e. The molecule has 21 heavy (non-hydrogen) atoms. The van der Waals surface area contributed by atoms with Gasteiger partial charge in [0.25, 0.3) is 0 Å². The van der Waals surface area contributed by atoms with Gasteiger partial charge in [-0.05, 0) is 31.7 Å². The second-order valence-electron chi connectivity index (χ2n) is 5.42. The van der Waals surface area contributed by atoms with Gasteiger partial charge in [-0.3, -0.25) is 9.97 Å². The van der Waals surface area contributed by atoms with Crippen molar-refractivity contribution in [3.05, 3.63) is 47.6 Å². The fraction of sp³-hybridized carbons (Fsp3) is 0.400. The van der Waals surface area contributed by atoms with Crippen LogP contribution in [0.1, 0.15) is 31.2 Å². The SMILES string of the molecule is OC1(c2cccnc2)CCC(Nc2cncc(Cl)n2)CC1. The molecule has 2 heterocycles. The quantitative estimate of drug-likeness (QED) is 0.912. The molecule has 0 aliphatic heterocycles. The Labute approximate surface area is 128 Å². The molecule has 6 heteroatoms. The maximum Gasteiger partial charge on any atom is 0.149 e. The zero-order valence-corrected chi connectivity index (χ0v) is 12.3. The van der Waals surface area contributed by atoms with Crippen molar-refractivity contribution in [2.75, 3.05) is 5.32 Å². The van der Waals surface area contributed by atoms with Crippen molar-refractivity contribution < 1.29 is 5.11 Å². The summed E-state index contributed by atoms with van der Waals surface area (Å²) in [5.41, 5.74) is 0.123. The Balaban J connectivity index is 1.63. The predicted octanol–water partition coefficient (Wildman–Crippen LogP) is 2.77. The van der Waals surface area contributed by atoms with Crippen LogP contribution in [0.5, 0.6) is 0 Å². The van der Waals surface area contributed by atoms with E-state index in [4.69, 9.17) is 11.6 Å². The lowest BCUT2D eigenvalue weighted by Crippen LogP contribution is -2.36. The van der Waals surface area contributed by atoms with E-state index in [1.807, 2.05) is 12.1 Å². The van der Waals surface area contributed by atoms with Gasteiger partial charge in [-0.2, -0.15) is 0 Å². The normalized spacial score (nSPS) is 25.5. The van der Waals surface area contributed by atoms with E-state index in [1.54, 1.807) is 18.6 Å². The van der Waals surface area contributed by atoms with Gasteiger partial charge >= 0.3 is 0 Å². The molecular weight excluding hydrogens is 288 g/mol. The van der Waals surface area contributed by atoms with Gasteiger partial charge < -0.3 is 10.4 Å². The van der Waals surface area contributed by atoms with Crippen molar-refractivity contribution >= 4 is 17.4 Å². The molecule has 0 atom stereocenters. The summed E-state index contributed by atoms with van der Waals surface area (Å²) in [4.78, 5) is 12.3. The second kappa shape index (κ2) is 5.95. The number of hydrogen-bond donors (Lipinski definition) is 2. The van der Waals surface area contributed by atoms with Gasteiger partial charge in [-0.25, -0.2) is 4.98 Å². The minimum atomic E-state index is -0.771. The van der Waals surface area contributed by atoms with Crippen molar-refractivity contribution in [1.29, 1.82) is 0 Å². The number of nitrogens with zero attached hydrogens (tertiary/aromatic N) is 3. The van der Waals surface area contributed by atoms with Crippen LogP contribution in [0.3, 0.4) is 0 Å². The highest BCUT2D eigenvalue weighted by atomic mass is 35.5. The van der Waals surface area contributed by atoms with E-state index in [2.05, 4.69) is 20.3 Å². The number of aromatic nitrogens is 3. The number of nitrogens with one attached hydrogen (secondary N) is 1. The summed E-state index contributed by atoms with van der Waals surface area (Å²) < 4.78 is 0. The molecule has 1 aliphatic carbocycles. The molecule has 0 saturated heterocycles. The Kier molecular flexibility index (Phi) is 4.03. The third-order valence-electron chi connectivity index (χ3n) is 3.97. The lowest BCUT2D eigenvalue weighted by molar-refractivity contribution is -0.00363. The van der Waals surface area contributed by atoms with Crippen molar-refractivity contribution in [2.45, 2.75) is 37.3 Å².